The molecule has 0 aliphatic rings. The molecule has 1 aromatic carbocycles. The fourth-order valence-corrected chi connectivity index (χ4v) is 1.41. The summed E-state index contributed by atoms with van der Waals surface area (Å²) in [5.74, 6) is 0.668. The molecule has 1 aromatic rings. The Morgan fingerprint density at radius 1 is 1.47 bits per heavy atom. The van der Waals surface area contributed by atoms with Gasteiger partial charge in [-0.2, -0.15) is 5.26 Å². The molecule has 0 atom stereocenters. The van der Waals surface area contributed by atoms with E-state index >= 15 is 0 Å². The quantitative estimate of drug-likeness (QED) is 0.854. The van der Waals surface area contributed by atoms with Crippen LogP contribution in [0, 0.1) is 23.7 Å². The predicted octanol–water partition coefficient (Wildman–Crippen LogP) is 2.43. The minimum atomic E-state index is -0.535. The molecule has 1 rings (SSSR count). The molecule has 102 valence electrons. The molecule has 0 spiro atoms. The number of carbonyl (C=O) groups is 1. The van der Waals surface area contributed by atoms with Crippen molar-refractivity contribution in [1.29, 1.82) is 5.26 Å². The van der Waals surface area contributed by atoms with Gasteiger partial charge in [0.1, 0.15) is 5.75 Å². The number of hydrogen-bond acceptors (Lipinski definition) is 3. The van der Waals surface area contributed by atoms with Crippen LogP contribution >= 0.6 is 0 Å². The lowest BCUT2D eigenvalue weighted by Gasteiger charge is -2.15. The van der Waals surface area contributed by atoms with Crippen molar-refractivity contribution >= 4 is 5.91 Å². The lowest BCUT2D eigenvalue weighted by molar-refractivity contribution is -0.121. The Hall–Kier alpha value is -2.02. The van der Waals surface area contributed by atoms with Gasteiger partial charge in [0.15, 0.2) is 0 Å². The summed E-state index contributed by atoms with van der Waals surface area (Å²) in [4.78, 5) is 11.6. The van der Waals surface area contributed by atoms with Gasteiger partial charge in [0.25, 0.3) is 0 Å². The summed E-state index contributed by atoms with van der Waals surface area (Å²) in [7, 11) is 0. The van der Waals surface area contributed by atoms with E-state index in [0.29, 0.717) is 13.2 Å². The highest BCUT2D eigenvalue weighted by atomic mass is 16.5. The molecule has 0 heterocycles. The number of aryl methyl sites for hydroxylation is 1. The largest absolute Gasteiger partial charge is 0.493 e. The van der Waals surface area contributed by atoms with Gasteiger partial charge in [-0.05, 0) is 38.5 Å². The van der Waals surface area contributed by atoms with Crippen LogP contribution in [0.25, 0.3) is 0 Å². The molecule has 0 fully saturated rings. The Morgan fingerprint density at radius 3 is 2.84 bits per heavy atom. The topological polar surface area (TPSA) is 62.1 Å². The second-order valence-corrected chi connectivity index (χ2v) is 5.19. The molecule has 0 saturated heterocycles. The van der Waals surface area contributed by atoms with Crippen LogP contribution in [-0.2, 0) is 4.79 Å². The van der Waals surface area contributed by atoms with Crippen molar-refractivity contribution in [2.24, 2.45) is 5.41 Å². The highest BCUT2D eigenvalue weighted by Gasteiger charge is 2.17. The zero-order chi connectivity index (χ0) is 14.3. The highest BCUT2D eigenvalue weighted by molar-refractivity contribution is 5.76. The maximum Gasteiger partial charge on any atom is 0.223 e. The van der Waals surface area contributed by atoms with E-state index in [9.17, 15) is 4.79 Å². The number of benzene rings is 1. The average molecular weight is 260 g/mol. The van der Waals surface area contributed by atoms with E-state index in [-0.39, 0.29) is 12.3 Å². The predicted molar refractivity (Wildman–Crippen MR) is 73.7 cm³/mol. The first-order valence-corrected chi connectivity index (χ1v) is 6.30. The third kappa shape index (κ3) is 5.91. The van der Waals surface area contributed by atoms with E-state index in [1.54, 1.807) is 13.8 Å². The molecule has 1 amide bonds. The molecule has 0 aliphatic carbocycles. The molecule has 4 nitrogen and oxygen atoms in total. The SMILES string of the molecule is Cc1cccc(OCCC(=O)NCC(C)(C)C#N)c1. The fourth-order valence-electron chi connectivity index (χ4n) is 1.41. The maximum absolute atomic E-state index is 11.6. The average Bonchev–Trinajstić information content (AvgIpc) is 2.37. The third-order valence-electron chi connectivity index (χ3n) is 2.62. The third-order valence-corrected chi connectivity index (χ3v) is 2.62. The van der Waals surface area contributed by atoms with Gasteiger partial charge in [-0.15, -0.1) is 0 Å². The first kappa shape index (κ1) is 15.0. The van der Waals surface area contributed by atoms with Crippen LogP contribution in [0.1, 0.15) is 25.8 Å². The van der Waals surface area contributed by atoms with Crippen molar-refractivity contribution in [3.8, 4) is 11.8 Å². The van der Waals surface area contributed by atoms with Gasteiger partial charge in [-0.3, -0.25) is 4.79 Å². The molecule has 19 heavy (non-hydrogen) atoms. The van der Waals surface area contributed by atoms with E-state index in [1.807, 2.05) is 31.2 Å². The Balaban J connectivity index is 2.26. The van der Waals surface area contributed by atoms with Gasteiger partial charge in [0, 0.05) is 6.54 Å². The van der Waals surface area contributed by atoms with E-state index < -0.39 is 5.41 Å². The normalized spacial score (nSPS) is 10.6. The molecule has 0 radical (unpaired) electrons. The molecule has 0 aromatic heterocycles. The van der Waals surface area contributed by atoms with Crippen LogP contribution in [0.5, 0.6) is 5.75 Å². The summed E-state index contributed by atoms with van der Waals surface area (Å²) in [6, 6.07) is 9.84. The number of rotatable bonds is 6. The smallest absolute Gasteiger partial charge is 0.223 e. The van der Waals surface area contributed by atoms with Crippen molar-refractivity contribution in [3.63, 3.8) is 0 Å². The molecule has 0 bridgehead atoms. The summed E-state index contributed by atoms with van der Waals surface area (Å²) in [6.45, 7) is 6.26. The highest BCUT2D eigenvalue weighted by Crippen LogP contribution is 2.13. The first-order chi connectivity index (χ1) is 8.93. The summed E-state index contributed by atoms with van der Waals surface area (Å²) in [6.07, 6.45) is 0.287. The van der Waals surface area contributed by atoms with E-state index in [4.69, 9.17) is 10.00 Å². The van der Waals surface area contributed by atoms with Crippen molar-refractivity contribution in [3.05, 3.63) is 29.8 Å². The monoisotopic (exact) mass is 260 g/mol. The van der Waals surface area contributed by atoms with Crippen molar-refractivity contribution in [2.45, 2.75) is 27.2 Å². The summed E-state index contributed by atoms with van der Waals surface area (Å²) < 4.78 is 5.49. The second kappa shape index (κ2) is 6.79. The summed E-state index contributed by atoms with van der Waals surface area (Å²) in [5.41, 5.74) is 0.588. The number of nitrogens with one attached hydrogen (secondary N) is 1. The molecular weight excluding hydrogens is 240 g/mol. The number of nitriles is 1. The van der Waals surface area contributed by atoms with Gasteiger partial charge in [-0.1, -0.05) is 12.1 Å². The van der Waals surface area contributed by atoms with Crippen molar-refractivity contribution < 1.29 is 9.53 Å². The maximum atomic E-state index is 11.6. The van der Waals surface area contributed by atoms with Crippen LogP contribution in [-0.4, -0.2) is 19.1 Å². The molecule has 0 aliphatic heterocycles. The summed E-state index contributed by atoms with van der Waals surface area (Å²) in [5, 5.41) is 11.6. The molecule has 1 N–H and O–H groups in total. The van der Waals surface area contributed by atoms with Crippen molar-refractivity contribution in [2.75, 3.05) is 13.2 Å². The summed E-state index contributed by atoms with van der Waals surface area (Å²) >= 11 is 0. The number of amides is 1. The molecular formula is C15H20N2O2. The van der Waals surface area contributed by atoms with Crippen LogP contribution in [0.3, 0.4) is 0 Å². The number of nitrogens with zero attached hydrogens (tertiary/aromatic N) is 1. The zero-order valence-corrected chi connectivity index (χ0v) is 11.7. The van der Waals surface area contributed by atoms with E-state index in [0.717, 1.165) is 11.3 Å². The zero-order valence-electron chi connectivity index (χ0n) is 11.7. The van der Waals surface area contributed by atoms with Crippen LogP contribution < -0.4 is 10.1 Å². The van der Waals surface area contributed by atoms with Crippen molar-refractivity contribution in [1.82, 2.24) is 5.32 Å². The van der Waals surface area contributed by atoms with E-state index in [1.165, 1.54) is 0 Å². The lowest BCUT2D eigenvalue weighted by Crippen LogP contribution is -2.33. The lowest BCUT2D eigenvalue weighted by atomic mass is 9.96. The minimum absolute atomic E-state index is 0.101. The van der Waals surface area contributed by atoms with Crippen LogP contribution in [0.15, 0.2) is 24.3 Å². The second-order valence-electron chi connectivity index (χ2n) is 5.19. The first-order valence-electron chi connectivity index (χ1n) is 6.30. The number of carbonyl (C=O) groups excluding carboxylic acids is 1. The van der Waals surface area contributed by atoms with Gasteiger partial charge in [0.2, 0.25) is 5.91 Å². The van der Waals surface area contributed by atoms with Gasteiger partial charge < -0.3 is 10.1 Å². The van der Waals surface area contributed by atoms with Gasteiger partial charge >= 0.3 is 0 Å². The Bertz CT molecular complexity index is 475. The Morgan fingerprint density at radius 2 is 2.21 bits per heavy atom. The Labute approximate surface area is 114 Å². The number of hydrogen-bond donors (Lipinski definition) is 1. The minimum Gasteiger partial charge on any atom is -0.493 e. The van der Waals surface area contributed by atoms with Crippen LogP contribution in [0.2, 0.25) is 0 Å². The van der Waals surface area contributed by atoms with Gasteiger partial charge in [0.05, 0.1) is 24.5 Å². The molecule has 4 heteroatoms. The Kier molecular flexibility index (Phi) is 5.37. The molecule has 0 unspecified atom stereocenters. The van der Waals surface area contributed by atoms with E-state index in [2.05, 4.69) is 11.4 Å². The molecule has 0 saturated carbocycles. The fraction of sp³-hybridized carbons (Fsp3) is 0.467. The standard InChI is InChI=1S/C15H20N2O2/c1-12-5-4-6-13(9-12)19-8-7-14(18)17-11-15(2,3)10-16/h4-6,9H,7-8,11H2,1-3H3,(H,17,18). The van der Waals surface area contributed by atoms with Crippen LogP contribution in [0.4, 0.5) is 0 Å². The van der Waals surface area contributed by atoms with Gasteiger partial charge in [-0.25, -0.2) is 0 Å². The number of ether oxygens (including phenoxy) is 1.